The van der Waals surface area contributed by atoms with Crippen LogP contribution in [-0.2, 0) is 50.3 Å². The Balaban J connectivity index is 1.61. The summed E-state index contributed by atoms with van der Waals surface area (Å²) in [5.74, 6) is 1.29. The van der Waals surface area contributed by atoms with Crippen LogP contribution in [0.1, 0.15) is 152 Å². The topological polar surface area (TPSA) is 160 Å². The Kier molecular flexibility index (Phi) is 28.9. The van der Waals surface area contributed by atoms with E-state index >= 15 is 0 Å². The van der Waals surface area contributed by atoms with Gasteiger partial charge < -0.3 is 29.3 Å². The maximum Gasteiger partial charge on any atom is 0.472 e. The molecule has 4 atom stereocenters. The van der Waals surface area contributed by atoms with Crippen molar-refractivity contribution < 1.29 is 46.7 Å². The summed E-state index contributed by atoms with van der Waals surface area (Å²) in [7, 11) is -4.42. The van der Waals surface area contributed by atoms with Gasteiger partial charge in [-0.05, 0) is 89.2 Å². The standard InChI is InChI=1S/C47H76NO10P/c1-5-7-23-29-42-39(3)40(4)43(57-42)30-25-19-17-18-22-28-34-47(50)56-41(38-55-59(51,52)54-36-35-48)37-53-46(49)33-27-21-16-14-12-10-9-11-13-15-20-26-32-45-44(58-45)31-24-8-6-2/h8,10-13,16,20-21,24,26,41,44-45H,5-7,9,14-15,17-19,22-23,25,27-38,48H2,1-4H3,(H,51,52)/b12-10-,13-11-,21-16-,24-8-,26-20-/t41-,44?,45?/m1/s1. The molecule has 2 heterocycles. The average Bonchev–Trinajstić information content (AvgIpc) is 3.92. The lowest BCUT2D eigenvalue weighted by atomic mass is 10.0. The van der Waals surface area contributed by atoms with Crippen LogP contribution in [0, 0.1) is 13.8 Å². The van der Waals surface area contributed by atoms with E-state index in [1.807, 2.05) is 12.2 Å². The van der Waals surface area contributed by atoms with E-state index in [1.165, 1.54) is 30.4 Å². The molecule has 0 spiro atoms. The van der Waals surface area contributed by atoms with Gasteiger partial charge in [0.25, 0.3) is 0 Å². The summed E-state index contributed by atoms with van der Waals surface area (Å²) < 4.78 is 44.7. The number of aryl methyl sites for hydroxylation is 2. The molecule has 1 fully saturated rings. The highest BCUT2D eigenvalue weighted by Crippen LogP contribution is 2.43. The van der Waals surface area contributed by atoms with Gasteiger partial charge in [-0.1, -0.05) is 113 Å². The fourth-order valence-corrected chi connectivity index (χ4v) is 7.11. The lowest BCUT2D eigenvalue weighted by Gasteiger charge is -2.19. The lowest BCUT2D eigenvalue weighted by molar-refractivity contribution is -0.161. The monoisotopic (exact) mass is 846 g/mol. The molecule has 59 heavy (non-hydrogen) atoms. The van der Waals surface area contributed by atoms with Crippen molar-refractivity contribution in [2.75, 3.05) is 26.4 Å². The van der Waals surface area contributed by atoms with Gasteiger partial charge >= 0.3 is 19.8 Å². The number of phosphoric ester groups is 1. The van der Waals surface area contributed by atoms with Gasteiger partial charge in [-0.2, -0.15) is 0 Å². The molecule has 334 valence electrons. The van der Waals surface area contributed by atoms with Crippen molar-refractivity contribution in [3.05, 3.63) is 83.4 Å². The SMILES string of the molecule is CC/C=C\CC1OC1C/C=C\C/C=C\C/C=C\C/C=C\CCC(=O)OC[C@H](COP(=O)(O)OCCN)OC(=O)CCCCCCCCc1oc(CCCCC)c(C)c1C. The number of allylic oxidation sites excluding steroid dienone is 8. The number of hydrogen-bond donors (Lipinski definition) is 2. The third-order valence-corrected chi connectivity index (χ3v) is 11.0. The Morgan fingerprint density at radius 3 is 1.88 bits per heavy atom. The zero-order chi connectivity index (χ0) is 43.0. The number of nitrogens with two attached hydrogens (primary N) is 1. The summed E-state index contributed by atoms with van der Waals surface area (Å²) in [5, 5.41) is 0. The predicted octanol–water partition coefficient (Wildman–Crippen LogP) is 11.1. The van der Waals surface area contributed by atoms with Crippen LogP contribution in [0.5, 0.6) is 0 Å². The van der Waals surface area contributed by atoms with Gasteiger partial charge in [-0.15, -0.1) is 0 Å². The maximum atomic E-state index is 12.7. The molecule has 1 aromatic heterocycles. The average molecular weight is 846 g/mol. The summed E-state index contributed by atoms with van der Waals surface area (Å²) in [6.45, 7) is 7.74. The highest BCUT2D eigenvalue weighted by atomic mass is 31.2. The third-order valence-electron chi connectivity index (χ3n) is 10.0. The molecular formula is C47H76NO10P. The van der Waals surface area contributed by atoms with Crippen molar-refractivity contribution >= 4 is 19.8 Å². The number of ether oxygens (including phenoxy) is 3. The summed E-state index contributed by atoms with van der Waals surface area (Å²) >= 11 is 0. The van der Waals surface area contributed by atoms with Crippen LogP contribution in [0.2, 0.25) is 0 Å². The van der Waals surface area contributed by atoms with E-state index in [0.717, 1.165) is 95.0 Å². The number of carbonyl (C=O) groups is 2. The van der Waals surface area contributed by atoms with Crippen molar-refractivity contribution in [3.8, 4) is 0 Å². The smallest absolute Gasteiger partial charge is 0.466 e. The number of epoxide rings is 1. The molecule has 0 aromatic carbocycles. The van der Waals surface area contributed by atoms with Gasteiger partial charge in [0.05, 0.1) is 25.4 Å². The molecule has 1 saturated heterocycles. The Bertz CT molecular complexity index is 1500. The second-order valence-electron chi connectivity index (χ2n) is 15.2. The van der Waals surface area contributed by atoms with Gasteiger partial charge in [0.1, 0.15) is 18.1 Å². The summed E-state index contributed by atoms with van der Waals surface area (Å²) in [6, 6.07) is 0. The minimum atomic E-state index is -4.42. The van der Waals surface area contributed by atoms with Crippen LogP contribution in [0.4, 0.5) is 0 Å². The van der Waals surface area contributed by atoms with E-state index in [4.69, 9.17) is 33.4 Å². The first-order valence-electron chi connectivity index (χ1n) is 22.2. The molecule has 0 aliphatic carbocycles. The molecular weight excluding hydrogens is 769 g/mol. The molecule has 0 radical (unpaired) electrons. The number of unbranched alkanes of at least 4 members (excludes halogenated alkanes) is 7. The second kappa shape index (κ2) is 32.7. The minimum absolute atomic E-state index is 0.0309. The molecule has 12 heteroatoms. The van der Waals surface area contributed by atoms with Gasteiger partial charge in [-0.3, -0.25) is 18.6 Å². The molecule has 11 nitrogen and oxygen atoms in total. The number of phosphoric acid groups is 1. The Hall–Kier alpha value is -3.05. The van der Waals surface area contributed by atoms with Crippen molar-refractivity contribution in [1.29, 1.82) is 0 Å². The van der Waals surface area contributed by atoms with Crippen LogP contribution >= 0.6 is 7.82 Å². The summed E-state index contributed by atoms with van der Waals surface area (Å²) in [5.41, 5.74) is 7.94. The fourth-order valence-electron chi connectivity index (χ4n) is 6.35. The quantitative estimate of drug-likeness (QED) is 0.0217. The van der Waals surface area contributed by atoms with Crippen molar-refractivity contribution in [3.63, 3.8) is 0 Å². The van der Waals surface area contributed by atoms with Crippen molar-refractivity contribution in [1.82, 2.24) is 0 Å². The Morgan fingerprint density at radius 1 is 0.712 bits per heavy atom. The van der Waals surface area contributed by atoms with Crippen molar-refractivity contribution in [2.24, 2.45) is 5.73 Å². The fraction of sp³-hybridized carbons (Fsp3) is 0.660. The summed E-state index contributed by atoms with van der Waals surface area (Å²) in [4.78, 5) is 35.0. The predicted molar refractivity (Wildman–Crippen MR) is 236 cm³/mol. The first-order valence-corrected chi connectivity index (χ1v) is 23.7. The molecule has 0 saturated carbocycles. The van der Waals surface area contributed by atoms with Crippen molar-refractivity contribution in [2.45, 2.75) is 174 Å². The molecule has 1 aliphatic rings. The number of esters is 2. The molecule has 0 bridgehead atoms. The van der Waals surface area contributed by atoms with E-state index in [9.17, 15) is 19.0 Å². The van der Waals surface area contributed by atoms with E-state index < -0.39 is 32.5 Å². The van der Waals surface area contributed by atoms with Crippen LogP contribution in [0.15, 0.2) is 65.2 Å². The highest BCUT2D eigenvalue weighted by Gasteiger charge is 2.36. The molecule has 0 amide bonds. The second-order valence-corrected chi connectivity index (χ2v) is 16.6. The highest BCUT2D eigenvalue weighted by molar-refractivity contribution is 7.47. The third kappa shape index (κ3) is 26.0. The van der Waals surface area contributed by atoms with E-state index in [1.54, 1.807) is 0 Å². The number of furan rings is 1. The first-order chi connectivity index (χ1) is 28.6. The van der Waals surface area contributed by atoms with Crippen LogP contribution in [0.25, 0.3) is 0 Å². The molecule has 1 aliphatic heterocycles. The van der Waals surface area contributed by atoms with Crippen LogP contribution in [-0.4, -0.2) is 61.5 Å². The lowest BCUT2D eigenvalue weighted by Crippen LogP contribution is -2.29. The first kappa shape index (κ1) is 52.1. The molecule has 2 rings (SSSR count). The van der Waals surface area contributed by atoms with Gasteiger partial charge in [0.2, 0.25) is 0 Å². The molecule has 3 N–H and O–H groups in total. The normalized spacial score (nSPS) is 17.3. The zero-order valence-corrected chi connectivity index (χ0v) is 37.5. The van der Waals surface area contributed by atoms with Crippen LogP contribution in [0.3, 0.4) is 0 Å². The Labute approximate surface area is 355 Å². The number of carbonyl (C=O) groups excluding carboxylic acids is 2. The van der Waals surface area contributed by atoms with E-state index in [0.29, 0.717) is 25.0 Å². The maximum absolute atomic E-state index is 12.7. The van der Waals surface area contributed by atoms with Gasteiger partial charge in [0.15, 0.2) is 6.10 Å². The van der Waals surface area contributed by atoms with Gasteiger partial charge in [-0.25, -0.2) is 4.57 Å². The Morgan fingerprint density at radius 2 is 1.27 bits per heavy atom. The number of rotatable bonds is 36. The van der Waals surface area contributed by atoms with Gasteiger partial charge in [0, 0.05) is 32.2 Å². The molecule has 1 aromatic rings. The zero-order valence-electron chi connectivity index (χ0n) is 36.6. The van der Waals surface area contributed by atoms with Crippen LogP contribution < -0.4 is 5.73 Å². The summed E-state index contributed by atoms with van der Waals surface area (Å²) in [6.07, 6.45) is 38.6. The van der Waals surface area contributed by atoms with E-state index in [-0.39, 0.29) is 32.6 Å². The molecule has 3 unspecified atom stereocenters. The van der Waals surface area contributed by atoms with E-state index in [2.05, 4.69) is 76.3 Å². The largest absolute Gasteiger partial charge is 0.472 e. The minimum Gasteiger partial charge on any atom is -0.466 e. The number of hydrogen-bond acceptors (Lipinski definition) is 10.